The molecule has 10 nitrogen and oxygen atoms in total. The van der Waals surface area contributed by atoms with Gasteiger partial charge in [0.05, 0.1) is 16.6 Å². The van der Waals surface area contributed by atoms with Gasteiger partial charge in [-0.3, -0.25) is 4.79 Å². The van der Waals surface area contributed by atoms with Crippen molar-refractivity contribution >= 4 is 40.5 Å². The lowest BCUT2D eigenvalue weighted by Crippen LogP contribution is -2.56. The van der Waals surface area contributed by atoms with Crippen molar-refractivity contribution in [1.29, 1.82) is 0 Å². The second kappa shape index (κ2) is 9.27. The second-order valence-corrected chi connectivity index (χ2v) is 8.38. The summed E-state index contributed by atoms with van der Waals surface area (Å²) in [7, 11) is 0. The van der Waals surface area contributed by atoms with Crippen molar-refractivity contribution in [2.45, 2.75) is 13.0 Å². The third-order valence-electron chi connectivity index (χ3n) is 4.88. The van der Waals surface area contributed by atoms with Gasteiger partial charge in [-0.1, -0.05) is 6.07 Å². The number of carbonyl (C=O) groups excluding carboxylic acids is 1. The van der Waals surface area contributed by atoms with Crippen molar-refractivity contribution < 1.29 is 4.79 Å². The lowest BCUT2D eigenvalue weighted by Gasteiger charge is -2.27. The Kier molecular flexibility index (Phi) is 5.87. The highest BCUT2D eigenvalue weighted by molar-refractivity contribution is 7.12. The van der Waals surface area contributed by atoms with Crippen molar-refractivity contribution in [2.24, 2.45) is 0 Å². The van der Waals surface area contributed by atoms with Gasteiger partial charge >= 0.3 is 0 Å². The van der Waals surface area contributed by atoms with Gasteiger partial charge in [-0.2, -0.15) is 4.98 Å². The lowest BCUT2D eigenvalue weighted by atomic mass is 10.2. The smallest absolute Gasteiger partial charge is 0.261 e. The van der Waals surface area contributed by atoms with Crippen LogP contribution in [-0.4, -0.2) is 50.0 Å². The number of aromatic nitrogens is 5. The molecule has 5 heterocycles. The Balaban J connectivity index is 1.26. The maximum Gasteiger partial charge on any atom is 0.261 e. The molecular formula is C22H21N9OS. The van der Waals surface area contributed by atoms with Crippen LogP contribution in [0.3, 0.4) is 0 Å². The van der Waals surface area contributed by atoms with Crippen molar-refractivity contribution in [3.05, 3.63) is 64.7 Å². The number of hydrogen-bond donors (Lipinski definition) is 4. The van der Waals surface area contributed by atoms with E-state index in [4.69, 9.17) is 0 Å². The van der Waals surface area contributed by atoms with E-state index >= 15 is 0 Å². The number of rotatable bonds is 7. The summed E-state index contributed by atoms with van der Waals surface area (Å²) in [6, 6.07) is 11.2. The van der Waals surface area contributed by atoms with E-state index in [1.165, 1.54) is 11.3 Å². The first-order chi connectivity index (χ1) is 16.1. The highest BCUT2D eigenvalue weighted by atomic mass is 32.1. The molecule has 4 aromatic heterocycles. The maximum absolute atomic E-state index is 12.3. The molecule has 0 spiro atoms. The molecule has 11 heteroatoms. The minimum Gasteiger partial charge on any atom is -0.346 e. The summed E-state index contributed by atoms with van der Waals surface area (Å²) in [5.74, 6) is 2.02. The van der Waals surface area contributed by atoms with Crippen LogP contribution >= 0.6 is 11.3 Å². The van der Waals surface area contributed by atoms with Crippen molar-refractivity contribution in [1.82, 2.24) is 35.6 Å². The van der Waals surface area contributed by atoms with Crippen LogP contribution in [0.15, 0.2) is 54.2 Å². The zero-order valence-electron chi connectivity index (χ0n) is 17.7. The molecule has 1 amide bonds. The molecule has 0 bridgehead atoms. The summed E-state index contributed by atoms with van der Waals surface area (Å²) in [5, 5.41) is 14.3. The van der Waals surface area contributed by atoms with Crippen molar-refractivity contribution in [3.63, 3.8) is 0 Å². The van der Waals surface area contributed by atoms with Crippen LogP contribution < -0.4 is 21.3 Å². The lowest BCUT2D eigenvalue weighted by molar-refractivity contribution is 0.0928. The second-order valence-electron chi connectivity index (χ2n) is 7.47. The Hall–Kier alpha value is -3.96. The van der Waals surface area contributed by atoms with Gasteiger partial charge in [0.25, 0.3) is 5.91 Å². The number of anilines is 4. The Bertz CT molecular complexity index is 1290. The topological polar surface area (TPSA) is 130 Å². The molecule has 0 aliphatic carbocycles. The molecule has 0 aromatic carbocycles. The molecule has 1 aliphatic heterocycles. The van der Waals surface area contributed by atoms with Crippen LogP contribution in [0.4, 0.5) is 23.3 Å². The first-order valence-corrected chi connectivity index (χ1v) is 11.2. The predicted octanol–water partition coefficient (Wildman–Crippen LogP) is 2.89. The minimum absolute atomic E-state index is 0.0708. The molecule has 0 atom stereocenters. The summed E-state index contributed by atoms with van der Waals surface area (Å²) < 4.78 is 0. The molecule has 4 aromatic rings. The van der Waals surface area contributed by atoms with Gasteiger partial charge in [0.1, 0.15) is 17.3 Å². The Morgan fingerprint density at radius 2 is 1.85 bits per heavy atom. The summed E-state index contributed by atoms with van der Waals surface area (Å²) in [6.07, 6.45) is 3.32. The largest absolute Gasteiger partial charge is 0.346 e. The zero-order chi connectivity index (χ0) is 22.6. The summed E-state index contributed by atoms with van der Waals surface area (Å²) in [6.45, 7) is 3.55. The third-order valence-corrected chi connectivity index (χ3v) is 5.81. The van der Waals surface area contributed by atoms with Crippen LogP contribution in [0.1, 0.15) is 15.4 Å². The van der Waals surface area contributed by atoms with Crippen LogP contribution in [0, 0.1) is 6.92 Å². The van der Waals surface area contributed by atoms with Gasteiger partial charge in [0.15, 0.2) is 5.82 Å². The van der Waals surface area contributed by atoms with E-state index < -0.39 is 0 Å². The zero-order valence-corrected chi connectivity index (χ0v) is 18.6. The average Bonchev–Trinajstić information content (AvgIpc) is 3.25. The molecule has 1 saturated heterocycles. The molecule has 4 N–H and O–H groups in total. The van der Waals surface area contributed by atoms with E-state index in [2.05, 4.69) is 46.2 Å². The molecule has 166 valence electrons. The quantitative estimate of drug-likeness (QED) is 0.330. The number of nitrogens with zero attached hydrogens (tertiary/aromatic N) is 5. The first-order valence-electron chi connectivity index (χ1n) is 10.4. The fraction of sp³-hybridized carbons (Fsp3) is 0.182. The standard InChI is InChI=1S/C22H21N9OS/c1-13-3-2-4-16(26-13)20-24-7-5-18(30-20)29-19-6-8-25-22(31-19)28-14-9-17(33-12-14)21(32)27-15-10-23-11-15/h2-9,12,15,23H,10-11H2,1H3,(H,27,32)(H2,24,25,28,29,30,31). The van der Waals surface area contributed by atoms with Gasteiger partial charge in [0.2, 0.25) is 5.95 Å². The number of hydrogen-bond acceptors (Lipinski definition) is 10. The summed E-state index contributed by atoms with van der Waals surface area (Å²) >= 11 is 1.37. The molecule has 33 heavy (non-hydrogen) atoms. The van der Waals surface area contributed by atoms with E-state index in [-0.39, 0.29) is 11.9 Å². The number of thiophene rings is 1. The monoisotopic (exact) mass is 459 g/mol. The molecule has 1 fully saturated rings. The number of pyridine rings is 1. The minimum atomic E-state index is -0.0708. The van der Waals surface area contributed by atoms with Crippen LogP contribution in [-0.2, 0) is 0 Å². The van der Waals surface area contributed by atoms with Crippen LogP contribution in [0.5, 0.6) is 0 Å². The van der Waals surface area contributed by atoms with Gasteiger partial charge in [-0.05, 0) is 37.3 Å². The Morgan fingerprint density at radius 1 is 1.03 bits per heavy atom. The van der Waals surface area contributed by atoms with E-state index in [9.17, 15) is 4.79 Å². The van der Waals surface area contributed by atoms with E-state index in [1.807, 2.05) is 30.5 Å². The fourth-order valence-corrected chi connectivity index (χ4v) is 3.88. The average molecular weight is 460 g/mol. The Labute approximate surface area is 194 Å². The number of carbonyl (C=O) groups is 1. The molecule has 0 saturated carbocycles. The highest BCUT2D eigenvalue weighted by Crippen LogP contribution is 2.23. The van der Waals surface area contributed by atoms with Gasteiger partial charge in [-0.25, -0.2) is 19.9 Å². The van der Waals surface area contributed by atoms with Gasteiger partial charge in [0, 0.05) is 36.6 Å². The normalized spacial score (nSPS) is 13.2. The maximum atomic E-state index is 12.3. The first kappa shape index (κ1) is 20.9. The van der Waals surface area contributed by atoms with E-state index in [1.54, 1.807) is 30.6 Å². The molecule has 1 aliphatic rings. The van der Waals surface area contributed by atoms with Gasteiger partial charge in [-0.15, -0.1) is 11.3 Å². The van der Waals surface area contributed by atoms with Crippen LogP contribution in [0.2, 0.25) is 0 Å². The SMILES string of the molecule is Cc1cccc(-c2nccc(Nc3ccnc(Nc4csc(C(=O)NC5CNC5)c4)n3)n2)n1. The predicted molar refractivity (Wildman–Crippen MR) is 127 cm³/mol. The molecular weight excluding hydrogens is 438 g/mol. The fourth-order valence-electron chi connectivity index (χ4n) is 3.14. The van der Waals surface area contributed by atoms with E-state index in [0.717, 1.165) is 24.5 Å². The Morgan fingerprint density at radius 3 is 2.64 bits per heavy atom. The van der Waals surface area contributed by atoms with Crippen LogP contribution in [0.25, 0.3) is 11.5 Å². The highest BCUT2D eigenvalue weighted by Gasteiger charge is 2.20. The van der Waals surface area contributed by atoms with Gasteiger partial charge < -0.3 is 21.3 Å². The third kappa shape index (κ3) is 5.10. The molecule has 5 rings (SSSR count). The molecule has 0 radical (unpaired) electrons. The number of aryl methyl sites for hydroxylation is 1. The van der Waals surface area contributed by atoms with Crippen molar-refractivity contribution in [2.75, 3.05) is 23.7 Å². The molecule has 0 unspecified atom stereocenters. The summed E-state index contributed by atoms with van der Waals surface area (Å²) in [5.41, 5.74) is 2.36. The van der Waals surface area contributed by atoms with E-state index in [0.29, 0.717) is 34.0 Å². The summed E-state index contributed by atoms with van der Waals surface area (Å²) in [4.78, 5) is 35.0. The number of amides is 1. The van der Waals surface area contributed by atoms with Crippen molar-refractivity contribution in [3.8, 4) is 11.5 Å². The number of nitrogens with one attached hydrogen (secondary N) is 4.